The number of hydrogen-bond acceptors (Lipinski definition) is 1. The van der Waals surface area contributed by atoms with Gasteiger partial charge in [0.1, 0.15) is 0 Å². The number of halogens is 1. The summed E-state index contributed by atoms with van der Waals surface area (Å²) >= 11 is 6.01. The largest absolute Gasteiger partial charge is 0.356 e. The molecule has 3 heteroatoms. The molecule has 2 aliphatic carbocycles. The third-order valence-corrected chi connectivity index (χ3v) is 4.93. The summed E-state index contributed by atoms with van der Waals surface area (Å²) in [7, 11) is 0. The third-order valence-electron chi connectivity index (χ3n) is 4.69. The van der Waals surface area contributed by atoms with Crippen molar-refractivity contribution in [3.8, 4) is 0 Å². The molecule has 2 atom stereocenters. The second kappa shape index (κ2) is 6.17. The van der Waals surface area contributed by atoms with Crippen LogP contribution in [-0.2, 0) is 4.79 Å². The van der Waals surface area contributed by atoms with E-state index >= 15 is 0 Å². The summed E-state index contributed by atoms with van der Waals surface area (Å²) in [6.07, 6.45) is 7.55. The fourth-order valence-corrected chi connectivity index (χ4v) is 3.56. The minimum atomic E-state index is 0.164. The molecule has 2 fully saturated rings. The molecule has 3 rings (SSSR count). The van der Waals surface area contributed by atoms with Crippen LogP contribution >= 0.6 is 11.6 Å². The van der Waals surface area contributed by atoms with Gasteiger partial charge < -0.3 is 5.32 Å². The number of nitrogens with one attached hydrogen (secondary N) is 1. The van der Waals surface area contributed by atoms with Crippen molar-refractivity contribution in [1.29, 1.82) is 0 Å². The molecule has 20 heavy (non-hydrogen) atoms. The summed E-state index contributed by atoms with van der Waals surface area (Å²) in [5.41, 5.74) is 1.20. The molecule has 1 aromatic carbocycles. The van der Waals surface area contributed by atoms with Crippen LogP contribution in [0.2, 0.25) is 5.02 Å². The summed E-state index contributed by atoms with van der Waals surface area (Å²) in [5, 5.41) is 3.92. The molecule has 0 bridgehead atoms. The van der Waals surface area contributed by atoms with Crippen LogP contribution in [0.1, 0.15) is 50.0 Å². The Labute approximate surface area is 125 Å². The van der Waals surface area contributed by atoms with Crippen LogP contribution in [0.5, 0.6) is 0 Å². The van der Waals surface area contributed by atoms with Gasteiger partial charge in [-0.2, -0.15) is 0 Å². The molecule has 0 spiro atoms. The smallest absolute Gasteiger partial charge is 0.223 e. The monoisotopic (exact) mass is 291 g/mol. The molecule has 0 heterocycles. The fourth-order valence-electron chi connectivity index (χ4n) is 3.36. The molecule has 108 valence electrons. The van der Waals surface area contributed by atoms with E-state index in [4.69, 9.17) is 11.6 Å². The first-order chi connectivity index (χ1) is 9.74. The molecule has 1 N–H and O–H groups in total. The van der Waals surface area contributed by atoms with E-state index in [1.54, 1.807) is 0 Å². The lowest BCUT2D eigenvalue weighted by atomic mass is 9.89. The maximum atomic E-state index is 12.2. The van der Waals surface area contributed by atoms with Gasteiger partial charge in [0, 0.05) is 17.5 Å². The highest BCUT2D eigenvalue weighted by atomic mass is 35.5. The predicted molar refractivity (Wildman–Crippen MR) is 81.9 cm³/mol. The van der Waals surface area contributed by atoms with Crippen molar-refractivity contribution in [2.24, 2.45) is 11.8 Å². The van der Waals surface area contributed by atoms with Gasteiger partial charge in [0.25, 0.3) is 0 Å². The minimum Gasteiger partial charge on any atom is -0.356 e. The van der Waals surface area contributed by atoms with Crippen LogP contribution in [0.25, 0.3) is 0 Å². The molecule has 2 unspecified atom stereocenters. The van der Waals surface area contributed by atoms with Gasteiger partial charge >= 0.3 is 0 Å². The quantitative estimate of drug-likeness (QED) is 0.887. The molecule has 0 radical (unpaired) electrons. The van der Waals surface area contributed by atoms with Gasteiger partial charge in [-0.15, -0.1) is 0 Å². The molecule has 1 amide bonds. The third kappa shape index (κ3) is 3.35. The average molecular weight is 292 g/mol. The van der Waals surface area contributed by atoms with E-state index in [1.807, 2.05) is 18.2 Å². The van der Waals surface area contributed by atoms with Crippen molar-refractivity contribution in [2.75, 3.05) is 6.54 Å². The first-order valence-electron chi connectivity index (χ1n) is 7.77. The Hall–Kier alpha value is -1.02. The number of carbonyl (C=O) groups excluding carboxylic acids is 1. The predicted octanol–water partition coefficient (Wildman–Crippen LogP) is 4.14. The molecular weight excluding hydrogens is 270 g/mol. The van der Waals surface area contributed by atoms with Crippen LogP contribution in [0.4, 0.5) is 0 Å². The van der Waals surface area contributed by atoms with Crippen LogP contribution in [0.15, 0.2) is 24.3 Å². The van der Waals surface area contributed by atoms with Crippen molar-refractivity contribution < 1.29 is 4.79 Å². The first-order valence-corrected chi connectivity index (χ1v) is 8.15. The Kier molecular flexibility index (Phi) is 4.30. The van der Waals surface area contributed by atoms with Crippen molar-refractivity contribution in [2.45, 2.75) is 44.4 Å². The van der Waals surface area contributed by atoms with E-state index in [0.717, 1.165) is 18.0 Å². The molecule has 2 aliphatic rings. The van der Waals surface area contributed by atoms with Crippen LogP contribution < -0.4 is 5.32 Å². The lowest BCUT2D eigenvalue weighted by Crippen LogP contribution is -2.31. The molecule has 1 aromatic rings. The Morgan fingerprint density at radius 2 is 2.05 bits per heavy atom. The Morgan fingerprint density at radius 1 is 1.25 bits per heavy atom. The number of hydrogen-bond donors (Lipinski definition) is 1. The Morgan fingerprint density at radius 3 is 2.80 bits per heavy atom. The Balaban J connectivity index is 1.47. The van der Waals surface area contributed by atoms with Gasteiger partial charge in [-0.25, -0.2) is 0 Å². The van der Waals surface area contributed by atoms with E-state index in [0.29, 0.717) is 11.8 Å². The van der Waals surface area contributed by atoms with E-state index in [-0.39, 0.29) is 11.8 Å². The van der Waals surface area contributed by atoms with Crippen molar-refractivity contribution in [3.63, 3.8) is 0 Å². The summed E-state index contributed by atoms with van der Waals surface area (Å²) in [4.78, 5) is 12.2. The molecular formula is C17H22ClNO. The van der Waals surface area contributed by atoms with Crippen molar-refractivity contribution >= 4 is 17.5 Å². The molecule has 0 saturated heterocycles. The molecule has 2 nitrogen and oxygen atoms in total. The molecule has 0 aliphatic heterocycles. The van der Waals surface area contributed by atoms with Gasteiger partial charge in [-0.05, 0) is 48.8 Å². The van der Waals surface area contributed by atoms with Gasteiger partial charge in [-0.3, -0.25) is 4.79 Å². The standard InChI is InChI=1S/C17H22ClNO/c18-14-8-4-7-13(9-14)15-10-16(15)17(20)19-11-12-5-2-1-3-6-12/h4,7-9,12,15-16H,1-3,5-6,10-11H2,(H,19,20). The topological polar surface area (TPSA) is 29.1 Å². The number of rotatable bonds is 4. The van der Waals surface area contributed by atoms with Gasteiger partial charge in [0.2, 0.25) is 5.91 Å². The molecule has 0 aromatic heterocycles. The van der Waals surface area contributed by atoms with E-state index in [9.17, 15) is 4.79 Å². The fraction of sp³-hybridized carbons (Fsp3) is 0.588. The van der Waals surface area contributed by atoms with Crippen LogP contribution in [0, 0.1) is 11.8 Å². The van der Waals surface area contributed by atoms with E-state index in [2.05, 4.69) is 11.4 Å². The summed E-state index contributed by atoms with van der Waals surface area (Å²) in [6, 6.07) is 7.91. The summed E-state index contributed by atoms with van der Waals surface area (Å²) < 4.78 is 0. The number of carbonyl (C=O) groups is 1. The average Bonchev–Trinajstić information content (AvgIpc) is 3.26. The van der Waals surface area contributed by atoms with Gasteiger partial charge in [-0.1, -0.05) is 43.0 Å². The zero-order chi connectivity index (χ0) is 13.9. The number of benzene rings is 1. The van der Waals surface area contributed by atoms with Crippen molar-refractivity contribution in [3.05, 3.63) is 34.9 Å². The second-order valence-electron chi connectivity index (χ2n) is 6.25. The Bertz CT molecular complexity index is 482. The van der Waals surface area contributed by atoms with Crippen LogP contribution in [0.3, 0.4) is 0 Å². The highest BCUT2D eigenvalue weighted by Gasteiger charge is 2.43. The van der Waals surface area contributed by atoms with E-state index in [1.165, 1.54) is 37.7 Å². The van der Waals surface area contributed by atoms with Gasteiger partial charge in [0.15, 0.2) is 0 Å². The lowest BCUT2D eigenvalue weighted by molar-refractivity contribution is -0.122. The zero-order valence-electron chi connectivity index (χ0n) is 11.8. The number of amides is 1. The normalized spacial score (nSPS) is 26.2. The van der Waals surface area contributed by atoms with Crippen LogP contribution in [-0.4, -0.2) is 12.5 Å². The van der Waals surface area contributed by atoms with Crippen molar-refractivity contribution in [1.82, 2.24) is 5.32 Å². The molecule has 2 saturated carbocycles. The second-order valence-corrected chi connectivity index (χ2v) is 6.69. The maximum absolute atomic E-state index is 12.2. The highest BCUT2D eigenvalue weighted by molar-refractivity contribution is 6.30. The minimum absolute atomic E-state index is 0.164. The van der Waals surface area contributed by atoms with E-state index < -0.39 is 0 Å². The lowest BCUT2D eigenvalue weighted by Gasteiger charge is -2.21. The first kappa shape index (κ1) is 13.9. The SMILES string of the molecule is O=C(NCC1CCCCC1)C1CC1c1cccc(Cl)c1. The summed E-state index contributed by atoms with van der Waals surface area (Å²) in [5.74, 6) is 1.48. The summed E-state index contributed by atoms with van der Waals surface area (Å²) in [6.45, 7) is 0.873. The zero-order valence-corrected chi connectivity index (χ0v) is 12.5. The maximum Gasteiger partial charge on any atom is 0.223 e. The highest BCUT2D eigenvalue weighted by Crippen LogP contribution is 2.47. The van der Waals surface area contributed by atoms with Gasteiger partial charge in [0.05, 0.1) is 0 Å².